The van der Waals surface area contributed by atoms with Crippen LogP contribution in [0.2, 0.25) is 0 Å². The second-order valence-electron chi connectivity index (χ2n) is 1.67. The number of benzene rings is 1. The molecule has 0 unspecified atom stereocenters. The molecule has 1 rings (SSSR count). The predicted molar refractivity (Wildman–Crippen MR) is 35.9 cm³/mol. The molecule has 0 bridgehead atoms. The highest BCUT2D eigenvalue weighted by Gasteiger charge is 1.96. The fourth-order valence-electron chi connectivity index (χ4n) is 0.532. The molecule has 0 radical (unpaired) electrons. The molecule has 0 aromatic heterocycles. The Hall–Kier alpha value is -0.850. The molecular formula is C8H9F. The van der Waals surface area contributed by atoms with Crippen molar-refractivity contribution >= 4 is 0 Å². The summed E-state index contributed by atoms with van der Waals surface area (Å²) in [5.74, 6) is -1.17. The Morgan fingerprint density at radius 1 is 1.33 bits per heavy atom. The van der Waals surface area contributed by atoms with Crippen LogP contribution in [0.4, 0.5) is 4.39 Å². The predicted octanol–water partition coefficient (Wildman–Crippen LogP) is 2.44. The third-order valence-electron chi connectivity index (χ3n) is 0.999. The van der Waals surface area contributed by atoms with Crippen LogP contribution in [0.5, 0.6) is 0 Å². The van der Waals surface area contributed by atoms with Crippen molar-refractivity contribution in [2.24, 2.45) is 0 Å². The molecule has 1 aromatic rings. The molecule has 0 heterocycles. The van der Waals surface area contributed by atoms with E-state index in [2.05, 4.69) is 0 Å². The summed E-state index contributed by atoms with van der Waals surface area (Å²) in [6, 6.07) is 3.36. The first-order valence-electron chi connectivity index (χ1n) is 5.43. The average molecular weight is 130 g/mol. The average Bonchev–Trinajstić information content (AvgIpc) is 1.99. The lowest BCUT2D eigenvalue weighted by Crippen LogP contribution is -1.84. The highest BCUT2D eigenvalue weighted by molar-refractivity contribution is 5.23. The van der Waals surface area contributed by atoms with E-state index in [-0.39, 0.29) is 0 Å². The van der Waals surface area contributed by atoms with Crippen LogP contribution in [0.1, 0.15) is 19.4 Å². The van der Waals surface area contributed by atoms with Crippen LogP contribution in [0.25, 0.3) is 0 Å². The van der Waals surface area contributed by atoms with Crippen LogP contribution >= 0.6 is 0 Å². The highest BCUT2D eigenvalue weighted by Crippen LogP contribution is 2.09. The Morgan fingerprint density at radius 2 is 1.89 bits per heavy atom. The van der Waals surface area contributed by atoms with Gasteiger partial charge in [0.15, 0.2) is 0 Å². The van der Waals surface area contributed by atoms with Crippen LogP contribution in [0.3, 0.4) is 0 Å². The van der Waals surface area contributed by atoms with E-state index in [1.807, 2.05) is 0 Å². The van der Waals surface area contributed by atoms with Gasteiger partial charge in [-0.05, 0) is 24.8 Å². The van der Waals surface area contributed by atoms with Gasteiger partial charge in [0.1, 0.15) is 5.82 Å². The molecule has 1 heteroatoms. The van der Waals surface area contributed by atoms with Gasteiger partial charge >= 0.3 is 0 Å². The zero-order chi connectivity index (χ0) is 11.9. The topological polar surface area (TPSA) is 0 Å². The van der Waals surface area contributed by atoms with Crippen LogP contribution < -0.4 is 0 Å². The minimum absolute atomic E-state index is 0.559. The van der Waals surface area contributed by atoms with Crippen molar-refractivity contribution in [3.63, 3.8) is 0 Å². The van der Waals surface area contributed by atoms with E-state index >= 15 is 0 Å². The van der Waals surface area contributed by atoms with Gasteiger partial charge in [-0.1, -0.05) is 18.2 Å². The van der Waals surface area contributed by atoms with Crippen molar-refractivity contribution in [1.29, 1.82) is 0 Å². The van der Waals surface area contributed by atoms with E-state index in [1.54, 1.807) is 0 Å². The summed E-state index contributed by atoms with van der Waals surface area (Å²) < 4.78 is 55.7. The number of halogens is 1. The SMILES string of the molecule is [2H]C([2H])([2H])c1cccc(C([2H])([2H])[2H])c1F. The van der Waals surface area contributed by atoms with Gasteiger partial charge in [-0.3, -0.25) is 0 Å². The maximum absolute atomic E-state index is 13.5. The lowest BCUT2D eigenvalue weighted by atomic mass is 10.1. The Kier molecular flexibility index (Phi) is 0.503. The number of aryl methyl sites for hydroxylation is 2. The molecule has 0 spiro atoms. The third kappa shape index (κ3) is 1.10. The zero-order valence-electron chi connectivity index (χ0n) is 10.6. The largest absolute Gasteiger partial charge is 0.206 e. The minimum Gasteiger partial charge on any atom is -0.206 e. The molecule has 0 aliphatic rings. The van der Waals surface area contributed by atoms with Crippen LogP contribution in [-0.2, 0) is 0 Å². The zero-order valence-corrected chi connectivity index (χ0v) is 4.61. The van der Waals surface area contributed by atoms with Crippen molar-refractivity contribution < 1.29 is 12.6 Å². The van der Waals surface area contributed by atoms with E-state index in [0.29, 0.717) is 0 Å². The van der Waals surface area contributed by atoms with Crippen molar-refractivity contribution in [2.75, 3.05) is 0 Å². The Bertz CT molecular complexity index is 332. The third-order valence-corrected chi connectivity index (χ3v) is 0.999. The maximum atomic E-state index is 13.5. The molecular weight excluding hydrogens is 115 g/mol. The fraction of sp³-hybridized carbons (Fsp3) is 0.250. The standard InChI is InChI=1S/C8H9F/c1-6-4-3-5-7(2)8(6)9/h3-5H,1-2H3/i1D3,2D3. The first-order chi connectivity index (χ1) is 6.64. The number of hydrogen-bond acceptors (Lipinski definition) is 0. The minimum atomic E-state index is -2.63. The summed E-state index contributed by atoms with van der Waals surface area (Å²) in [6.45, 7) is -5.27. The molecule has 0 fully saturated rings. The van der Waals surface area contributed by atoms with E-state index in [0.717, 1.165) is 12.1 Å². The molecule has 0 amide bonds. The molecule has 0 saturated carbocycles. The van der Waals surface area contributed by atoms with E-state index in [1.165, 1.54) is 6.07 Å². The summed E-state index contributed by atoms with van der Waals surface area (Å²) in [4.78, 5) is 0. The van der Waals surface area contributed by atoms with Gasteiger partial charge in [0.25, 0.3) is 0 Å². The fourth-order valence-corrected chi connectivity index (χ4v) is 0.532. The van der Waals surface area contributed by atoms with Gasteiger partial charge < -0.3 is 0 Å². The smallest absolute Gasteiger partial charge is 0.129 e. The van der Waals surface area contributed by atoms with Crippen LogP contribution in [0, 0.1) is 19.5 Å². The first-order valence-corrected chi connectivity index (χ1v) is 2.43. The van der Waals surface area contributed by atoms with Gasteiger partial charge in [-0.2, -0.15) is 0 Å². The molecule has 9 heavy (non-hydrogen) atoms. The molecule has 0 N–H and O–H groups in total. The Balaban J connectivity index is 3.37. The summed E-state index contributed by atoms with van der Waals surface area (Å²) >= 11 is 0. The summed E-state index contributed by atoms with van der Waals surface area (Å²) in [5.41, 5.74) is -1.12. The van der Waals surface area contributed by atoms with Gasteiger partial charge in [-0.15, -0.1) is 0 Å². The molecule has 0 atom stereocenters. The summed E-state index contributed by atoms with van der Waals surface area (Å²) in [5, 5.41) is 0. The first kappa shape index (κ1) is 2.08. The maximum Gasteiger partial charge on any atom is 0.129 e. The van der Waals surface area contributed by atoms with E-state index in [4.69, 9.17) is 8.22 Å². The van der Waals surface area contributed by atoms with E-state index < -0.39 is 30.6 Å². The second kappa shape index (κ2) is 2.18. The van der Waals surface area contributed by atoms with Crippen molar-refractivity contribution in [1.82, 2.24) is 0 Å². The molecule has 0 aliphatic heterocycles. The van der Waals surface area contributed by atoms with Crippen molar-refractivity contribution in [2.45, 2.75) is 13.7 Å². The number of hydrogen-bond donors (Lipinski definition) is 0. The van der Waals surface area contributed by atoms with E-state index in [9.17, 15) is 4.39 Å². The summed E-state index contributed by atoms with van der Waals surface area (Å²) in [6.07, 6.45) is 0. The summed E-state index contributed by atoms with van der Waals surface area (Å²) in [7, 11) is 0. The second-order valence-corrected chi connectivity index (χ2v) is 1.67. The Labute approximate surface area is 62.8 Å². The van der Waals surface area contributed by atoms with Crippen LogP contribution in [0.15, 0.2) is 18.2 Å². The monoisotopic (exact) mass is 130 g/mol. The molecule has 0 nitrogen and oxygen atoms in total. The normalized spacial score (nSPS) is 22.3. The van der Waals surface area contributed by atoms with Gasteiger partial charge in [0, 0.05) is 8.22 Å². The molecule has 0 saturated heterocycles. The highest BCUT2D eigenvalue weighted by atomic mass is 19.1. The van der Waals surface area contributed by atoms with Gasteiger partial charge in [-0.25, -0.2) is 4.39 Å². The lowest BCUT2D eigenvalue weighted by Gasteiger charge is -1.96. The van der Waals surface area contributed by atoms with Gasteiger partial charge in [0.05, 0.1) is 0 Å². The molecule has 1 aromatic carbocycles. The van der Waals surface area contributed by atoms with Crippen molar-refractivity contribution in [3.05, 3.63) is 35.1 Å². The lowest BCUT2D eigenvalue weighted by molar-refractivity contribution is 0.609. The quantitative estimate of drug-likeness (QED) is 0.506. The number of rotatable bonds is 0. The van der Waals surface area contributed by atoms with Gasteiger partial charge in [0.2, 0.25) is 0 Å². The molecule has 48 valence electrons. The van der Waals surface area contributed by atoms with Crippen LogP contribution in [-0.4, -0.2) is 0 Å². The molecule has 0 aliphatic carbocycles. The van der Waals surface area contributed by atoms with Crippen molar-refractivity contribution in [3.8, 4) is 0 Å². The Morgan fingerprint density at radius 3 is 2.33 bits per heavy atom.